The van der Waals surface area contributed by atoms with E-state index in [-0.39, 0.29) is 16.5 Å². The first-order valence-electron chi connectivity index (χ1n) is 2.40. The Morgan fingerprint density at radius 2 is 2.45 bits per heavy atom. The van der Waals surface area contributed by atoms with E-state index in [2.05, 4.69) is 20.1 Å². The number of aromatic nitrogens is 2. The van der Waals surface area contributed by atoms with Crippen LogP contribution in [0.3, 0.4) is 0 Å². The second-order valence-electron chi connectivity index (χ2n) is 1.45. The topological polar surface area (TPSA) is 127 Å². The van der Waals surface area contributed by atoms with E-state index >= 15 is 0 Å². The minimum absolute atomic E-state index is 0.0775. The van der Waals surface area contributed by atoms with Crippen LogP contribution in [0.4, 0.5) is 11.6 Å². The van der Waals surface area contributed by atoms with E-state index in [9.17, 15) is 5.21 Å². The average molecular weight is 154 g/mol. The molecule has 1 rings (SSSR count). The van der Waals surface area contributed by atoms with Crippen molar-refractivity contribution in [1.82, 2.24) is 10.3 Å². The SMILES string of the molecule is N#CN=[N+]([O-])c1nonc1N. The molecule has 0 amide bonds. The number of anilines is 1. The van der Waals surface area contributed by atoms with Crippen molar-refractivity contribution in [1.29, 1.82) is 5.26 Å². The van der Waals surface area contributed by atoms with Crippen LogP contribution in [0.1, 0.15) is 0 Å². The van der Waals surface area contributed by atoms with Crippen molar-refractivity contribution < 1.29 is 9.49 Å². The molecule has 0 aliphatic carbocycles. The molecule has 0 unspecified atom stereocenters. The smallest absolute Gasteiger partial charge is 0.443 e. The molecular weight excluding hydrogens is 152 g/mol. The van der Waals surface area contributed by atoms with Crippen molar-refractivity contribution in [3.05, 3.63) is 5.21 Å². The van der Waals surface area contributed by atoms with Gasteiger partial charge in [0.25, 0.3) is 5.82 Å². The molecule has 0 radical (unpaired) electrons. The fourth-order valence-electron chi connectivity index (χ4n) is 0.412. The van der Waals surface area contributed by atoms with Gasteiger partial charge < -0.3 is 10.9 Å². The second kappa shape index (κ2) is 2.61. The highest BCUT2D eigenvalue weighted by molar-refractivity contribution is 5.42. The van der Waals surface area contributed by atoms with Gasteiger partial charge in [0, 0.05) is 10.3 Å². The number of nitrogens with zero attached hydrogens (tertiary/aromatic N) is 5. The van der Waals surface area contributed by atoms with Crippen LogP contribution in [0, 0.1) is 16.7 Å². The van der Waals surface area contributed by atoms with E-state index in [0.29, 0.717) is 0 Å². The lowest BCUT2D eigenvalue weighted by atomic mass is 10.7. The maximum atomic E-state index is 10.6. The summed E-state index contributed by atoms with van der Waals surface area (Å²) in [7, 11) is 0. The molecule has 8 heteroatoms. The van der Waals surface area contributed by atoms with Crippen LogP contribution in [0.25, 0.3) is 0 Å². The van der Waals surface area contributed by atoms with E-state index in [1.807, 2.05) is 0 Å². The molecular formula is C3H2N6O2. The molecule has 0 fully saturated rings. The predicted molar refractivity (Wildman–Crippen MR) is 30.0 cm³/mol. The van der Waals surface area contributed by atoms with Gasteiger partial charge in [-0.1, -0.05) is 0 Å². The lowest BCUT2D eigenvalue weighted by Gasteiger charge is -1.93. The highest BCUT2D eigenvalue weighted by atomic mass is 16.6. The van der Waals surface area contributed by atoms with Crippen LogP contribution in [-0.2, 0) is 0 Å². The zero-order valence-electron chi connectivity index (χ0n) is 5.13. The van der Waals surface area contributed by atoms with E-state index in [1.54, 1.807) is 0 Å². The summed E-state index contributed by atoms with van der Waals surface area (Å²) in [6.45, 7) is 0. The van der Waals surface area contributed by atoms with Crippen LogP contribution in [0.5, 0.6) is 0 Å². The van der Waals surface area contributed by atoms with Crippen LogP contribution in [-0.4, -0.2) is 15.2 Å². The van der Waals surface area contributed by atoms with Crippen molar-refractivity contribution in [3.63, 3.8) is 0 Å². The zero-order valence-corrected chi connectivity index (χ0v) is 5.13. The van der Waals surface area contributed by atoms with E-state index < -0.39 is 0 Å². The maximum absolute atomic E-state index is 10.6. The summed E-state index contributed by atoms with van der Waals surface area (Å²) in [5.41, 5.74) is 5.09. The summed E-state index contributed by atoms with van der Waals surface area (Å²) < 4.78 is 4.08. The first-order valence-corrected chi connectivity index (χ1v) is 2.40. The Balaban J connectivity index is 3.04. The molecule has 0 saturated heterocycles. The molecule has 0 aromatic carbocycles. The first kappa shape index (κ1) is 6.94. The summed E-state index contributed by atoms with van der Waals surface area (Å²) in [5.74, 6) is -0.537. The second-order valence-corrected chi connectivity index (χ2v) is 1.45. The predicted octanol–water partition coefficient (Wildman–Crippen LogP) is -0.273. The average Bonchev–Trinajstić information content (AvgIpc) is 2.36. The molecule has 0 aliphatic heterocycles. The van der Waals surface area contributed by atoms with Crippen molar-refractivity contribution in [3.8, 4) is 6.19 Å². The number of rotatable bonds is 1. The van der Waals surface area contributed by atoms with Gasteiger partial charge in [0.15, 0.2) is 5.16 Å². The minimum Gasteiger partial charge on any atom is -0.690 e. The standard InChI is InChI=1S/C3H2N6O2/c4-1-6-9(10)3-2(5)7-11-8-3/h(H2,5,7). The number of nitriles is 1. The fraction of sp³-hybridized carbons (Fsp3) is 0. The highest BCUT2D eigenvalue weighted by Crippen LogP contribution is 2.13. The molecule has 0 bridgehead atoms. The third-order valence-electron chi connectivity index (χ3n) is 0.812. The Morgan fingerprint density at radius 3 is 2.91 bits per heavy atom. The zero-order chi connectivity index (χ0) is 8.27. The number of hydrogen-bond acceptors (Lipinski definition) is 7. The molecule has 1 heterocycles. The number of nitrogens with two attached hydrogens (primary N) is 1. The molecule has 1 aromatic heterocycles. The number of nitrogen functional groups attached to an aromatic ring is 1. The lowest BCUT2D eigenvalue weighted by molar-refractivity contribution is -0.439. The van der Waals surface area contributed by atoms with Gasteiger partial charge in [-0.2, -0.15) is 5.26 Å². The van der Waals surface area contributed by atoms with Crippen molar-refractivity contribution >= 4 is 11.6 Å². The van der Waals surface area contributed by atoms with E-state index in [1.165, 1.54) is 6.19 Å². The summed E-state index contributed by atoms with van der Waals surface area (Å²) >= 11 is 0. The molecule has 0 saturated carbocycles. The quantitative estimate of drug-likeness (QED) is 0.256. The van der Waals surface area contributed by atoms with Crippen molar-refractivity contribution in [2.24, 2.45) is 5.11 Å². The summed E-state index contributed by atoms with van der Waals surface area (Å²) in [6.07, 6.45) is 1.26. The summed E-state index contributed by atoms with van der Waals surface area (Å²) in [6, 6.07) is 0. The van der Waals surface area contributed by atoms with Crippen LogP contribution in [0.2, 0.25) is 0 Å². The van der Waals surface area contributed by atoms with Gasteiger partial charge in [0.1, 0.15) is 0 Å². The monoisotopic (exact) mass is 154 g/mol. The van der Waals surface area contributed by atoms with Crippen molar-refractivity contribution in [2.75, 3.05) is 5.73 Å². The molecule has 0 aliphatic rings. The Hall–Kier alpha value is -2.17. The Labute approximate surface area is 60.1 Å². The van der Waals surface area contributed by atoms with E-state index in [0.717, 1.165) is 0 Å². The molecule has 0 atom stereocenters. The summed E-state index contributed by atoms with van der Waals surface area (Å²) in [5, 5.41) is 27.5. The first-order chi connectivity index (χ1) is 5.25. The molecule has 0 spiro atoms. The van der Waals surface area contributed by atoms with Gasteiger partial charge >= 0.3 is 5.82 Å². The number of azo groups is 1. The minimum atomic E-state index is -0.327. The Bertz CT molecular complexity index is 321. The lowest BCUT2D eigenvalue weighted by Crippen LogP contribution is -1.95. The number of hydrogen-bond donors (Lipinski definition) is 1. The van der Waals surface area contributed by atoms with Gasteiger partial charge in [0.05, 0.1) is 0 Å². The molecule has 2 N–H and O–H groups in total. The van der Waals surface area contributed by atoms with Crippen LogP contribution >= 0.6 is 0 Å². The normalized spacial score (nSPS) is 11.0. The van der Waals surface area contributed by atoms with Gasteiger partial charge in [-0.3, -0.25) is 0 Å². The molecule has 1 aromatic rings. The van der Waals surface area contributed by atoms with Crippen LogP contribution in [0.15, 0.2) is 9.74 Å². The maximum Gasteiger partial charge on any atom is 0.443 e. The van der Waals surface area contributed by atoms with Crippen LogP contribution < -0.4 is 5.73 Å². The molecule has 8 nitrogen and oxygen atoms in total. The Kier molecular flexibility index (Phi) is 1.65. The van der Waals surface area contributed by atoms with Gasteiger partial charge in [-0.05, 0) is 0 Å². The van der Waals surface area contributed by atoms with Gasteiger partial charge in [-0.25, -0.2) is 0 Å². The Morgan fingerprint density at radius 1 is 1.73 bits per heavy atom. The van der Waals surface area contributed by atoms with E-state index in [4.69, 9.17) is 11.0 Å². The van der Waals surface area contributed by atoms with Gasteiger partial charge in [0.2, 0.25) is 6.19 Å². The fourth-order valence-corrected chi connectivity index (χ4v) is 0.412. The third-order valence-corrected chi connectivity index (χ3v) is 0.812. The third kappa shape index (κ3) is 1.21. The van der Waals surface area contributed by atoms with Gasteiger partial charge in [-0.15, -0.1) is 9.49 Å². The molecule has 11 heavy (non-hydrogen) atoms. The molecule has 56 valence electrons. The largest absolute Gasteiger partial charge is 0.690 e. The highest BCUT2D eigenvalue weighted by Gasteiger charge is 2.16. The van der Waals surface area contributed by atoms with Crippen molar-refractivity contribution in [2.45, 2.75) is 0 Å². The summed E-state index contributed by atoms with van der Waals surface area (Å²) in [4.78, 5) is -0.0775.